The molecule has 0 unspecified atom stereocenters. The Morgan fingerprint density at radius 2 is 2.10 bits per heavy atom. The van der Waals surface area contributed by atoms with Gasteiger partial charge >= 0.3 is 5.97 Å². The molecule has 104 valence electrons. The topological polar surface area (TPSA) is 48.3 Å². The van der Waals surface area contributed by atoms with Crippen LogP contribution < -0.4 is 0 Å². The van der Waals surface area contributed by atoms with E-state index in [0.717, 1.165) is 10.9 Å². The van der Waals surface area contributed by atoms with E-state index in [9.17, 15) is 9.59 Å². The largest absolute Gasteiger partial charge is 0.466 e. The summed E-state index contributed by atoms with van der Waals surface area (Å²) in [4.78, 5) is 23.7. The average molecular weight is 271 g/mol. The highest BCUT2D eigenvalue weighted by Gasteiger charge is 2.17. The number of esters is 1. The second kappa shape index (κ2) is 6.19. The van der Waals surface area contributed by atoms with Crippen molar-refractivity contribution >= 4 is 22.7 Å². The van der Waals surface area contributed by atoms with Gasteiger partial charge in [0.2, 0.25) is 0 Å². The van der Waals surface area contributed by atoms with Crippen LogP contribution in [0.2, 0.25) is 0 Å². The molecule has 2 rings (SSSR count). The zero-order valence-electron chi connectivity index (χ0n) is 11.5. The van der Waals surface area contributed by atoms with Crippen LogP contribution in [-0.2, 0) is 16.1 Å². The SMILES string of the molecule is C=CCn1cc(C(=O)CC(=O)OCC)c2ccccc21. The second-order valence-electron chi connectivity index (χ2n) is 4.41. The molecule has 0 N–H and O–H groups in total. The van der Waals surface area contributed by atoms with Gasteiger partial charge in [0.05, 0.1) is 6.61 Å². The van der Waals surface area contributed by atoms with Gasteiger partial charge in [0, 0.05) is 29.2 Å². The molecule has 1 aromatic heterocycles. The van der Waals surface area contributed by atoms with Crippen LogP contribution in [0.15, 0.2) is 43.1 Å². The number of Topliss-reactive ketones (excluding diaryl/α,β-unsaturated/α-hetero) is 1. The van der Waals surface area contributed by atoms with E-state index in [1.165, 1.54) is 0 Å². The summed E-state index contributed by atoms with van der Waals surface area (Å²) in [5, 5.41) is 0.851. The monoisotopic (exact) mass is 271 g/mol. The normalized spacial score (nSPS) is 10.4. The fourth-order valence-electron chi connectivity index (χ4n) is 2.20. The number of para-hydroxylation sites is 1. The highest BCUT2D eigenvalue weighted by molar-refractivity contribution is 6.13. The van der Waals surface area contributed by atoms with E-state index in [1.54, 1.807) is 19.2 Å². The number of nitrogens with zero attached hydrogens (tertiary/aromatic N) is 1. The number of carbonyl (C=O) groups is 2. The van der Waals surface area contributed by atoms with Gasteiger partial charge in [-0.05, 0) is 13.0 Å². The van der Waals surface area contributed by atoms with Crippen molar-refractivity contribution in [1.29, 1.82) is 0 Å². The van der Waals surface area contributed by atoms with E-state index < -0.39 is 5.97 Å². The van der Waals surface area contributed by atoms with Crippen LogP contribution in [0.4, 0.5) is 0 Å². The summed E-state index contributed by atoms with van der Waals surface area (Å²) in [7, 11) is 0. The van der Waals surface area contributed by atoms with E-state index in [4.69, 9.17) is 4.74 Å². The summed E-state index contributed by atoms with van der Waals surface area (Å²) >= 11 is 0. The molecule has 0 fully saturated rings. The number of rotatable bonds is 6. The Kier molecular flexibility index (Phi) is 4.35. The smallest absolute Gasteiger partial charge is 0.313 e. The van der Waals surface area contributed by atoms with Crippen molar-refractivity contribution in [2.75, 3.05) is 6.61 Å². The van der Waals surface area contributed by atoms with Gasteiger partial charge in [-0.1, -0.05) is 24.3 Å². The molecule has 1 aromatic carbocycles. The molecule has 0 aliphatic heterocycles. The Balaban J connectivity index is 2.36. The van der Waals surface area contributed by atoms with Gasteiger partial charge in [0.1, 0.15) is 6.42 Å². The van der Waals surface area contributed by atoms with Gasteiger partial charge in [-0.2, -0.15) is 0 Å². The number of allylic oxidation sites excluding steroid dienone is 1. The number of benzene rings is 1. The van der Waals surface area contributed by atoms with Gasteiger partial charge in [0.15, 0.2) is 5.78 Å². The summed E-state index contributed by atoms with van der Waals surface area (Å²) < 4.78 is 6.76. The summed E-state index contributed by atoms with van der Waals surface area (Å²) in [5.41, 5.74) is 1.51. The molecule has 0 bridgehead atoms. The van der Waals surface area contributed by atoms with E-state index >= 15 is 0 Å². The van der Waals surface area contributed by atoms with Crippen LogP contribution in [0.5, 0.6) is 0 Å². The third kappa shape index (κ3) is 2.79. The summed E-state index contributed by atoms with van der Waals surface area (Å²) in [5.74, 6) is -0.708. The van der Waals surface area contributed by atoms with Gasteiger partial charge < -0.3 is 9.30 Å². The molecule has 0 amide bonds. The van der Waals surface area contributed by atoms with Crippen molar-refractivity contribution in [2.45, 2.75) is 19.9 Å². The lowest BCUT2D eigenvalue weighted by atomic mass is 10.1. The van der Waals surface area contributed by atoms with E-state index in [1.807, 2.05) is 28.8 Å². The summed E-state index contributed by atoms with van der Waals surface area (Å²) in [6.07, 6.45) is 3.32. The van der Waals surface area contributed by atoms with Crippen LogP contribution in [0.25, 0.3) is 10.9 Å². The second-order valence-corrected chi connectivity index (χ2v) is 4.41. The highest BCUT2D eigenvalue weighted by Crippen LogP contribution is 2.22. The Bertz CT molecular complexity index is 655. The minimum Gasteiger partial charge on any atom is -0.466 e. The van der Waals surface area contributed by atoms with Crippen molar-refractivity contribution in [2.24, 2.45) is 0 Å². The fraction of sp³-hybridized carbons (Fsp3) is 0.250. The predicted octanol–water partition coefficient (Wildman–Crippen LogP) is 2.96. The highest BCUT2D eigenvalue weighted by atomic mass is 16.5. The molecule has 4 heteroatoms. The van der Waals surface area contributed by atoms with Crippen molar-refractivity contribution in [3.63, 3.8) is 0 Å². The molecule has 4 nitrogen and oxygen atoms in total. The fourth-order valence-corrected chi connectivity index (χ4v) is 2.20. The summed E-state index contributed by atoms with van der Waals surface area (Å²) in [6.45, 7) is 6.33. The number of ketones is 1. The van der Waals surface area contributed by atoms with Crippen LogP contribution in [0.3, 0.4) is 0 Å². The van der Waals surface area contributed by atoms with Crippen molar-refractivity contribution < 1.29 is 14.3 Å². The van der Waals surface area contributed by atoms with Crippen molar-refractivity contribution in [3.05, 3.63) is 48.7 Å². The van der Waals surface area contributed by atoms with Crippen molar-refractivity contribution in [1.82, 2.24) is 4.57 Å². The molecule has 20 heavy (non-hydrogen) atoms. The maximum Gasteiger partial charge on any atom is 0.313 e. The number of hydrogen-bond donors (Lipinski definition) is 0. The number of ether oxygens (including phenoxy) is 1. The van der Waals surface area contributed by atoms with Gasteiger partial charge in [0.25, 0.3) is 0 Å². The minimum absolute atomic E-state index is 0.220. The Morgan fingerprint density at radius 1 is 1.35 bits per heavy atom. The predicted molar refractivity (Wildman–Crippen MR) is 77.7 cm³/mol. The van der Waals surface area contributed by atoms with Crippen LogP contribution in [-0.4, -0.2) is 22.9 Å². The van der Waals surface area contributed by atoms with Crippen LogP contribution in [0.1, 0.15) is 23.7 Å². The molecule has 0 radical (unpaired) electrons. The first-order valence-electron chi connectivity index (χ1n) is 6.55. The lowest BCUT2D eigenvalue weighted by Crippen LogP contribution is -2.11. The maximum absolute atomic E-state index is 12.2. The first kappa shape index (κ1) is 14.1. The summed E-state index contributed by atoms with van der Waals surface area (Å²) in [6, 6.07) is 7.62. The lowest BCUT2D eigenvalue weighted by molar-refractivity contribution is -0.141. The zero-order valence-corrected chi connectivity index (χ0v) is 11.5. The minimum atomic E-state index is -0.488. The number of carbonyl (C=O) groups excluding carboxylic acids is 2. The number of aromatic nitrogens is 1. The van der Waals surface area contributed by atoms with Gasteiger partial charge in [-0.15, -0.1) is 6.58 Å². The molecule has 2 aromatic rings. The van der Waals surface area contributed by atoms with Crippen LogP contribution >= 0.6 is 0 Å². The molecule has 0 atom stereocenters. The average Bonchev–Trinajstić information content (AvgIpc) is 2.79. The molecule has 0 saturated carbocycles. The molecule has 1 heterocycles. The first-order chi connectivity index (χ1) is 9.67. The standard InChI is InChI=1S/C16H17NO3/c1-3-9-17-11-13(12-7-5-6-8-14(12)17)15(18)10-16(19)20-4-2/h3,5-8,11H,1,4,9-10H2,2H3. The lowest BCUT2D eigenvalue weighted by Gasteiger charge is -2.00. The Labute approximate surface area is 117 Å². The van der Waals surface area contributed by atoms with Gasteiger partial charge in [-0.3, -0.25) is 9.59 Å². The molecule has 0 spiro atoms. The van der Waals surface area contributed by atoms with E-state index in [-0.39, 0.29) is 18.8 Å². The molecule has 0 aliphatic carbocycles. The third-order valence-corrected chi connectivity index (χ3v) is 3.03. The quantitative estimate of drug-likeness (QED) is 0.351. The van der Waals surface area contributed by atoms with Crippen LogP contribution in [0, 0.1) is 0 Å². The Hall–Kier alpha value is -2.36. The first-order valence-corrected chi connectivity index (χ1v) is 6.55. The molecule has 0 saturated heterocycles. The number of hydrogen-bond acceptors (Lipinski definition) is 3. The van der Waals surface area contributed by atoms with Gasteiger partial charge in [-0.25, -0.2) is 0 Å². The van der Waals surface area contributed by atoms with E-state index in [0.29, 0.717) is 12.1 Å². The maximum atomic E-state index is 12.2. The molecular weight excluding hydrogens is 254 g/mol. The molecular formula is C16H17NO3. The number of fused-ring (bicyclic) bond motifs is 1. The molecule has 0 aliphatic rings. The van der Waals surface area contributed by atoms with Crippen molar-refractivity contribution in [3.8, 4) is 0 Å². The Morgan fingerprint density at radius 3 is 2.80 bits per heavy atom. The zero-order chi connectivity index (χ0) is 14.5. The van der Waals surface area contributed by atoms with E-state index in [2.05, 4.69) is 6.58 Å². The third-order valence-electron chi connectivity index (χ3n) is 3.03.